The van der Waals surface area contributed by atoms with E-state index in [1.54, 1.807) is 0 Å². The monoisotopic (exact) mass is 228 g/mol. The Morgan fingerprint density at radius 1 is 1.47 bits per heavy atom. The number of carbonyl (C=O) groups excluding carboxylic acids is 1. The third kappa shape index (κ3) is 2.47. The van der Waals surface area contributed by atoms with Crippen molar-refractivity contribution in [3.8, 4) is 6.07 Å². The van der Waals surface area contributed by atoms with Gasteiger partial charge in [-0.15, -0.1) is 0 Å². The van der Waals surface area contributed by atoms with E-state index in [4.69, 9.17) is 5.26 Å². The Morgan fingerprint density at radius 2 is 2.18 bits per heavy atom. The highest BCUT2D eigenvalue weighted by Gasteiger charge is 2.39. The number of hydrogen-bond donors (Lipinski definition) is 1. The van der Waals surface area contributed by atoms with Crippen molar-refractivity contribution in [1.29, 1.82) is 5.26 Å². The van der Waals surface area contributed by atoms with Crippen LogP contribution in [0.5, 0.6) is 0 Å². The maximum Gasteiger partial charge on any atom is 0.234 e. The number of carbonyl (C=O) groups is 1. The maximum absolute atomic E-state index is 11.3. The van der Waals surface area contributed by atoms with Crippen molar-refractivity contribution in [2.24, 2.45) is 5.92 Å². The molecule has 0 saturated heterocycles. The molecule has 88 valence electrons. The first-order chi connectivity index (χ1) is 8.22. The average Bonchev–Trinajstić information content (AvgIpc) is 2.35. The van der Waals surface area contributed by atoms with Gasteiger partial charge in [-0.25, -0.2) is 0 Å². The second-order valence-electron chi connectivity index (χ2n) is 4.62. The first-order valence-electron chi connectivity index (χ1n) is 5.93. The van der Waals surface area contributed by atoms with Crippen molar-refractivity contribution in [2.75, 3.05) is 0 Å². The van der Waals surface area contributed by atoms with Crippen molar-refractivity contribution in [3.63, 3.8) is 0 Å². The number of nitrogens with zero attached hydrogens (tertiary/aromatic N) is 1. The molecule has 3 nitrogen and oxygen atoms in total. The van der Waals surface area contributed by atoms with Gasteiger partial charge in [-0.05, 0) is 23.8 Å². The summed E-state index contributed by atoms with van der Waals surface area (Å²) in [6.07, 6.45) is 0.932. The fourth-order valence-electron chi connectivity index (χ4n) is 2.45. The van der Waals surface area contributed by atoms with E-state index in [0.717, 1.165) is 6.42 Å². The normalized spacial score (nSPS) is 26.7. The van der Waals surface area contributed by atoms with Gasteiger partial charge in [0.2, 0.25) is 5.91 Å². The minimum Gasteiger partial charge on any atom is -0.352 e. The molecule has 1 aromatic rings. The standard InChI is InChI=1S/C14H16N2O/c1-10-12(11-5-3-2-4-6-11)9-13(10)16-14(17)7-8-15/h2-6,10,12-13H,7,9H2,1H3,(H,16,17)/t10-,12-,13+/m0/s1. The maximum atomic E-state index is 11.3. The van der Waals surface area contributed by atoms with Crippen molar-refractivity contribution in [1.82, 2.24) is 5.32 Å². The summed E-state index contributed by atoms with van der Waals surface area (Å²) in [7, 11) is 0. The first-order valence-corrected chi connectivity index (χ1v) is 5.93. The van der Waals surface area contributed by atoms with Gasteiger partial charge in [0.25, 0.3) is 0 Å². The summed E-state index contributed by atoms with van der Waals surface area (Å²) in [5.41, 5.74) is 1.34. The number of rotatable bonds is 3. The topological polar surface area (TPSA) is 52.9 Å². The Bertz CT molecular complexity index is 435. The molecule has 0 heterocycles. The molecule has 0 unspecified atom stereocenters. The van der Waals surface area contributed by atoms with Crippen molar-refractivity contribution in [2.45, 2.75) is 31.7 Å². The van der Waals surface area contributed by atoms with Crippen LogP contribution in [-0.4, -0.2) is 11.9 Å². The van der Waals surface area contributed by atoms with Gasteiger partial charge < -0.3 is 5.32 Å². The van der Waals surface area contributed by atoms with Crippen LogP contribution in [0, 0.1) is 17.2 Å². The highest BCUT2D eigenvalue weighted by atomic mass is 16.1. The summed E-state index contributed by atoms with van der Waals surface area (Å²) < 4.78 is 0. The number of hydrogen-bond acceptors (Lipinski definition) is 2. The Hall–Kier alpha value is -1.82. The lowest BCUT2D eigenvalue weighted by atomic mass is 9.67. The Labute approximate surface area is 101 Å². The minimum absolute atomic E-state index is 0.0424. The summed E-state index contributed by atoms with van der Waals surface area (Å²) >= 11 is 0. The summed E-state index contributed by atoms with van der Waals surface area (Å²) in [6.45, 7) is 2.15. The molecule has 3 heteroatoms. The summed E-state index contributed by atoms with van der Waals surface area (Å²) in [4.78, 5) is 11.3. The van der Waals surface area contributed by atoms with Crippen LogP contribution in [-0.2, 0) is 4.79 Å². The predicted octanol–water partition coefficient (Wildman–Crippen LogP) is 2.21. The molecule has 1 amide bonds. The molecule has 3 atom stereocenters. The zero-order valence-electron chi connectivity index (χ0n) is 9.89. The SMILES string of the molecule is C[C@H]1[C@@H](c2ccccc2)C[C@H]1NC(=O)CC#N. The van der Waals surface area contributed by atoms with E-state index in [1.807, 2.05) is 24.3 Å². The molecule has 1 aliphatic rings. The van der Waals surface area contributed by atoms with Crippen LogP contribution < -0.4 is 5.32 Å². The zero-order chi connectivity index (χ0) is 12.3. The van der Waals surface area contributed by atoms with Gasteiger partial charge in [-0.1, -0.05) is 37.3 Å². The van der Waals surface area contributed by atoms with Crippen LogP contribution in [0.15, 0.2) is 30.3 Å². The molecule has 1 aromatic carbocycles. The van der Waals surface area contributed by atoms with Gasteiger partial charge in [0.05, 0.1) is 6.07 Å². The fourth-order valence-corrected chi connectivity index (χ4v) is 2.45. The van der Waals surface area contributed by atoms with Crippen molar-refractivity contribution < 1.29 is 4.79 Å². The van der Waals surface area contributed by atoms with E-state index < -0.39 is 0 Å². The summed E-state index contributed by atoms with van der Waals surface area (Å²) in [6, 6.07) is 12.5. The summed E-state index contributed by atoms with van der Waals surface area (Å²) in [5, 5.41) is 11.3. The molecule has 0 radical (unpaired) electrons. The molecule has 2 rings (SSSR count). The molecule has 1 aliphatic carbocycles. The van der Waals surface area contributed by atoms with Crippen LogP contribution in [0.25, 0.3) is 0 Å². The molecule has 1 saturated carbocycles. The lowest BCUT2D eigenvalue weighted by molar-refractivity contribution is -0.122. The first kappa shape index (κ1) is 11.7. The van der Waals surface area contributed by atoms with Crippen LogP contribution in [0.2, 0.25) is 0 Å². The smallest absolute Gasteiger partial charge is 0.234 e. The van der Waals surface area contributed by atoms with Gasteiger partial charge >= 0.3 is 0 Å². The fraction of sp³-hybridized carbons (Fsp3) is 0.429. The highest BCUT2D eigenvalue weighted by molar-refractivity contribution is 5.78. The molecule has 0 bridgehead atoms. The lowest BCUT2D eigenvalue weighted by Crippen LogP contribution is -2.50. The number of nitriles is 1. The number of benzene rings is 1. The molecular formula is C14H16N2O. The predicted molar refractivity (Wildman–Crippen MR) is 65.1 cm³/mol. The Kier molecular flexibility index (Phi) is 3.43. The van der Waals surface area contributed by atoms with E-state index in [2.05, 4.69) is 24.4 Å². The quantitative estimate of drug-likeness (QED) is 0.862. The largest absolute Gasteiger partial charge is 0.352 e. The van der Waals surface area contributed by atoms with Crippen molar-refractivity contribution >= 4 is 5.91 Å². The Balaban J connectivity index is 1.90. The molecule has 0 aromatic heterocycles. The van der Waals surface area contributed by atoms with Gasteiger partial charge in [0.15, 0.2) is 0 Å². The van der Waals surface area contributed by atoms with E-state index in [0.29, 0.717) is 11.8 Å². The molecule has 0 aliphatic heterocycles. The third-order valence-electron chi connectivity index (χ3n) is 3.59. The lowest BCUT2D eigenvalue weighted by Gasteiger charge is -2.43. The summed E-state index contributed by atoms with van der Waals surface area (Å²) in [5.74, 6) is 0.819. The van der Waals surface area contributed by atoms with Gasteiger partial charge in [0.1, 0.15) is 6.42 Å². The third-order valence-corrected chi connectivity index (χ3v) is 3.59. The second-order valence-corrected chi connectivity index (χ2v) is 4.62. The molecule has 1 N–H and O–H groups in total. The van der Waals surface area contributed by atoms with Crippen LogP contribution in [0.3, 0.4) is 0 Å². The zero-order valence-corrected chi connectivity index (χ0v) is 9.89. The van der Waals surface area contributed by atoms with Gasteiger partial charge in [0, 0.05) is 6.04 Å². The molecule has 17 heavy (non-hydrogen) atoms. The average molecular weight is 228 g/mol. The molecule has 1 fully saturated rings. The van der Waals surface area contributed by atoms with Crippen LogP contribution >= 0.6 is 0 Å². The van der Waals surface area contributed by atoms with Gasteiger partial charge in [-0.3, -0.25) is 4.79 Å². The van der Waals surface area contributed by atoms with Crippen LogP contribution in [0.1, 0.15) is 31.2 Å². The van der Waals surface area contributed by atoms with E-state index in [9.17, 15) is 4.79 Å². The van der Waals surface area contributed by atoms with E-state index in [1.165, 1.54) is 5.56 Å². The van der Waals surface area contributed by atoms with Crippen molar-refractivity contribution in [3.05, 3.63) is 35.9 Å². The van der Waals surface area contributed by atoms with Gasteiger partial charge in [-0.2, -0.15) is 5.26 Å². The Morgan fingerprint density at radius 3 is 2.76 bits per heavy atom. The number of nitrogens with one attached hydrogen (secondary N) is 1. The van der Waals surface area contributed by atoms with Crippen LogP contribution in [0.4, 0.5) is 0 Å². The highest BCUT2D eigenvalue weighted by Crippen LogP contribution is 2.42. The second kappa shape index (κ2) is 5.01. The molecular weight excluding hydrogens is 212 g/mol. The van der Waals surface area contributed by atoms with E-state index in [-0.39, 0.29) is 18.4 Å². The number of amides is 1. The molecule has 0 spiro atoms. The van der Waals surface area contributed by atoms with E-state index >= 15 is 0 Å². The minimum atomic E-state index is -0.157.